The van der Waals surface area contributed by atoms with Crippen molar-refractivity contribution in [3.05, 3.63) is 66.6 Å². The molecule has 7 heteroatoms. The summed E-state index contributed by atoms with van der Waals surface area (Å²) < 4.78 is 32.4. The molecule has 0 radical (unpaired) electrons. The van der Waals surface area contributed by atoms with Crippen molar-refractivity contribution in [3.8, 4) is 11.4 Å². The molecule has 1 aliphatic rings. The number of nitrogens with zero attached hydrogens (tertiary/aromatic N) is 3. The smallest absolute Gasteiger partial charge is 0.243 e. The van der Waals surface area contributed by atoms with E-state index in [4.69, 9.17) is 4.52 Å². The van der Waals surface area contributed by atoms with Crippen LogP contribution in [0.1, 0.15) is 24.7 Å². The van der Waals surface area contributed by atoms with Crippen LogP contribution in [0, 0.1) is 0 Å². The average molecular weight is 369 g/mol. The Balaban J connectivity index is 1.45. The van der Waals surface area contributed by atoms with Crippen molar-refractivity contribution in [1.82, 2.24) is 14.4 Å². The molecule has 1 saturated heterocycles. The molecule has 0 aliphatic carbocycles. The Bertz CT molecular complexity index is 964. The van der Waals surface area contributed by atoms with E-state index in [2.05, 4.69) is 10.1 Å². The van der Waals surface area contributed by atoms with Crippen molar-refractivity contribution < 1.29 is 12.9 Å². The van der Waals surface area contributed by atoms with Gasteiger partial charge in [0.15, 0.2) is 0 Å². The van der Waals surface area contributed by atoms with Crippen molar-refractivity contribution in [2.45, 2.75) is 23.7 Å². The zero-order valence-electron chi connectivity index (χ0n) is 14.2. The molecule has 0 amide bonds. The van der Waals surface area contributed by atoms with Gasteiger partial charge in [0.05, 0.1) is 4.90 Å². The first-order chi connectivity index (χ1) is 12.6. The van der Waals surface area contributed by atoms with Crippen LogP contribution in [0.25, 0.3) is 11.4 Å². The van der Waals surface area contributed by atoms with Crippen molar-refractivity contribution >= 4 is 10.0 Å². The number of hydrogen-bond donors (Lipinski definition) is 0. The highest BCUT2D eigenvalue weighted by atomic mass is 32.2. The average Bonchev–Trinajstić information content (AvgIpc) is 3.20. The molecule has 4 rings (SSSR count). The molecule has 26 heavy (non-hydrogen) atoms. The normalized spacial score (nSPS) is 16.6. The second-order valence-electron chi connectivity index (χ2n) is 6.31. The number of hydrogen-bond acceptors (Lipinski definition) is 5. The van der Waals surface area contributed by atoms with Gasteiger partial charge in [-0.1, -0.05) is 53.7 Å². The number of rotatable bonds is 4. The van der Waals surface area contributed by atoms with Gasteiger partial charge in [0, 0.05) is 24.6 Å². The van der Waals surface area contributed by atoms with E-state index >= 15 is 0 Å². The lowest BCUT2D eigenvalue weighted by Crippen LogP contribution is -2.37. The summed E-state index contributed by atoms with van der Waals surface area (Å²) in [6, 6.07) is 18.2. The molecule has 0 N–H and O–H groups in total. The second-order valence-corrected chi connectivity index (χ2v) is 8.25. The van der Waals surface area contributed by atoms with Crippen molar-refractivity contribution in [2.75, 3.05) is 13.1 Å². The summed E-state index contributed by atoms with van der Waals surface area (Å²) in [5.41, 5.74) is 0.909. The minimum absolute atomic E-state index is 0.0854. The van der Waals surface area contributed by atoms with Crippen LogP contribution in [0.2, 0.25) is 0 Å². The van der Waals surface area contributed by atoms with E-state index in [0.29, 0.717) is 42.5 Å². The van der Waals surface area contributed by atoms with Gasteiger partial charge in [0.25, 0.3) is 0 Å². The lowest BCUT2D eigenvalue weighted by molar-refractivity contribution is 0.271. The highest BCUT2D eigenvalue weighted by Gasteiger charge is 2.32. The van der Waals surface area contributed by atoms with Crippen LogP contribution in [0.3, 0.4) is 0 Å². The Morgan fingerprint density at radius 3 is 2.19 bits per heavy atom. The van der Waals surface area contributed by atoms with Crippen LogP contribution in [0.15, 0.2) is 70.1 Å². The van der Waals surface area contributed by atoms with Crippen LogP contribution in [-0.2, 0) is 10.0 Å². The molecule has 0 atom stereocenters. The fourth-order valence-corrected chi connectivity index (χ4v) is 4.68. The lowest BCUT2D eigenvalue weighted by Gasteiger charge is -2.29. The van der Waals surface area contributed by atoms with E-state index in [1.807, 2.05) is 36.4 Å². The summed E-state index contributed by atoms with van der Waals surface area (Å²) in [5, 5.41) is 4.06. The highest BCUT2D eigenvalue weighted by molar-refractivity contribution is 7.89. The van der Waals surface area contributed by atoms with E-state index in [1.165, 1.54) is 4.31 Å². The Morgan fingerprint density at radius 2 is 1.54 bits per heavy atom. The van der Waals surface area contributed by atoms with E-state index in [0.717, 1.165) is 5.56 Å². The van der Waals surface area contributed by atoms with Crippen LogP contribution >= 0.6 is 0 Å². The number of benzene rings is 2. The maximum absolute atomic E-state index is 12.7. The van der Waals surface area contributed by atoms with Gasteiger partial charge in [-0.25, -0.2) is 8.42 Å². The molecule has 6 nitrogen and oxygen atoms in total. The van der Waals surface area contributed by atoms with E-state index in [1.54, 1.807) is 24.3 Å². The van der Waals surface area contributed by atoms with Gasteiger partial charge in [-0.15, -0.1) is 0 Å². The minimum atomic E-state index is -3.44. The van der Waals surface area contributed by atoms with Crippen LogP contribution < -0.4 is 0 Å². The summed E-state index contributed by atoms with van der Waals surface area (Å²) in [6.07, 6.45) is 1.34. The summed E-state index contributed by atoms with van der Waals surface area (Å²) in [6.45, 7) is 0.899. The highest BCUT2D eigenvalue weighted by Crippen LogP contribution is 2.30. The standard InChI is InChI=1S/C19H19N3O3S/c23-26(24,17-9-5-2-6-10-17)22-13-11-16(12-14-22)19-20-18(21-25-19)15-7-3-1-4-8-15/h1-10,16H,11-14H2. The molecule has 2 aromatic carbocycles. The Hall–Kier alpha value is -2.51. The van der Waals surface area contributed by atoms with E-state index in [9.17, 15) is 8.42 Å². The van der Waals surface area contributed by atoms with Gasteiger partial charge in [0.2, 0.25) is 21.7 Å². The monoisotopic (exact) mass is 369 g/mol. The van der Waals surface area contributed by atoms with Crippen molar-refractivity contribution in [2.24, 2.45) is 0 Å². The van der Waals surface area contributed by atoms with Gasteiger partial charge in [-0.3, -0.25) is 0 Å². The summed E-state index contributed by atoms with van der Waals surface area (Å²) in [5.74, 6) is 1.24. The van der Waals surface area contributed by atoms with Gasteiger partial charge < -0.3 is 4.52 Å². The number of aromatic nitrogens is 2. The summed E-state index contributed by atoms with van der Waals surface area (Å²) >= 11 is 0. The van der Waals surface area contributed by atoms with E-state index < -0.39 is 10.0 Å². The van der Waals surface area contributed by atoms with Crippen LogP contribution in [0.4, 0.5) is 0 Å². The SMILES string of the molecule is O=S(=O)(c1ccccc1)N1CCC(c2nc(-c3ccccc3)no2)CC1. The van der Waals surface area contributed by atoms with Crippen LogP contribution in [0.5, 0.6) is 0 Å². The zero-order chi connectivity index (χ0) is 18.0. The van der Waals surface area contributed by atoms with Crippen LogP contribution in [-0.4, -0.2) is 36.0 Å². The van der Waals surface area contributed by atoms with Crippen molar-refractivity contribution in [1.29, 1.82) is 0 Å². The molecule has 1 aliphatic heterocycles. The third-order valence-corrected chi connectivity index (χ3v) is 6.57. The van der Waals surface area contributed by atoms with Gasteiger partial charge in [-0.05, 0) is 25.0 Å². The predicted octanol–water partition coefficient (Wildman–Crippen LogP) is 3.30. The fourth-order valence-electron chi connectivity index (χ4n) is 3.19. The molecule has 0 unspecified atom stereocenters. The molecular formula is C19H19N3O3S. The Labute approximate surface area is 152 Å². The van der Waals surface area contributed by atoms with E-state index in [-0.39, 0.29) is 5.92 Å². The third-order valence-electron chi connectivity index (χ3n) is 4.66. The first-order valence-corrected chi connectivity index (χ1v) is 10.0. The first-order valence-electron chi connectivity index (χ1n) is 8.59. The largest absolute Gasteiger partial charge is 0.339 e. The molecule has 1 aromatic heterocycles. The minimum Gasteiger partial charge on any atom is -0.339 e. The Kier molecular flexibility index (Phi) is 4.57. The number of sulfonamides is 1. The summed E-state index contributed by atoms with van der Waals surface area (Å²) in [4.78, 5) is 4.84. The molecule has 3 aromatic rings. The third kappa shape index (κ3) is 3.27. The molecule has 2 heterocycles. The maximum atomic E-state index is 12.7. The van der Waals surface area contributed by atoms with Crippen molar-refractivity contribution in [3.63, 3.8) is 0 Å². The quantitative estimate of drug-likeness (QED) is 0.705. The Morgan fingerprint density at radius 1 is 0.923 bits per heavy atom. The molecule has 0 bridgehead atoms. The summed E-state index contributed by atoms with van der Waals surface area (Å²) in [7, 11) is -3.44. The predicted molar refractivity (Wildman–Crippen MR) is 96.9 cm³/mol. The molecule has 134 valence electrons. The zero-order valence-corrected chi connectivity index (χ0v) is 15.0. The first kappa shape index (κ1) is 16.9. The van der Waals surface area contributed by atoms with Gasteiger partial charge in [0.1, 0.15) is 0 Å². The molecule has 1 fully saturated rings. The molecule has 0 saturated carbocycles. The maximum Gasteiger partial charge on any atom is 0.243 e. The number of piperidine rings is 1. The fraction of sp³-hybridized carbons (Fsp3) is 0.263. The van der Waals surface area contributed by atoms with Gasteiger partial charge >= 0.3 is 0 Å². The molecular weight excluding hydrogens is 350 g/mol. The topological polar surface area (TPSA) is 76.3 Å². The molecule has 0 spiro atoms. The van der Waals surface area contributed by atoms with Gasteiger partial charge in [-0.2, -0.15) is 9.29 Å². The lowest BCUT2D eigenvalue weighted by atomic mass is 9.98. The second kappa shape index (κ2) is 7.01.